The van der Waals surface area contributed by atoms with Crippen molar-refractivity contribution in [2.75, 3.05) is 11.9 Å². The smallest absolute Gasteiger partial charge is 0.226 e. The van der Waals surface area contributed by atoms with Crippen molar-refractivity contribution < 1.29 is 4.79 Å². The molecule has 4 heterocycles. The van der Waals surface area contributed by atoms with E-state index < -0.39 is 0 Å². The number of benzene rings is 2. The lowest BCUT2D eigenvalue weighted by atomic mass is 10.0. The number of amides is 1. The van der Waals surface area contributed by atoms with Crippen LogP contribution in [0.4, 0.5) is 5.69 Å². The van der Waals surface area contributed by atoms with Gasteiger partial charge in [0.05, 0.1) is 33.7 Å². The lowest BCUT2D eigenvalue weighted by Gasteiger charge is -2.28. The Hall–Kier alpha value is -4.08. The van der Waals surface area contributed by atoms with Crippen LogP contribution in [0, 0.1) is 6.92 Å². The second-order valence-corrected chi connectivity index (χ2v) is 10.6. The molecule has 0 aliphatic carbocycles. The molecule has 1 fully saturated rings. The van der Waals surface area contributed by atoms with E-state index in [4.69, 9.17) is 17.2 Å². The molecule has 0 radical (unpaired) electrons. The Balaban J connectivity index is 1.32. The van der Waals surface area contributed by atoms with Crippen LogP contribution in [0.3, 0.4) is 0 Å². The van der Waals surface area contributed by atoms with Crippen LogP contribution in [0.5, 0.6) is 0 Å². The molecule has 2 N–H and O–H groups in total. The molecular formula is C29H26N6OS2. The van der Waals surface area contributed by atoms with E-state index in [1.165, 1.54) is 0 Å². The van der Waals surface area contributed by atoms with Crippen LogP contribution in [0.2, 0.25) is 0 Å². The average molecular weight is 539 g/mol. The van der Waals surface area contributed by atoms with E-state index in [9.17, 15) is 4.79 Å². The first-order valence-corrected chi connectivity index (χ1v) is 13.7. The summed E-state index contributed by atoms with van der Waals surface area (Å²) in [6, 6.07) is 25.6. The van der Waals surface area contributed by atoms with Crippen LogP contribution in [0.1, 0.15) is 35.5 Å². The van der Waals surface area contributed by atoms with E-state index >= 15 is 0 Å². The maximum atomic E-state index is 12.9. The fraction of sp³-hybridized carbons (Fsp3) is 0.172. The van der Waals surface area contributed by atoms with Gasteiger partial charge in [0, 0.05) is 31.0 Å². The molecule has 190 valence electrons. The summed E-state index contributed by atoms with van der Waals surface area (Å²) >= 11 is 7.46. The zero-order valence-corrected chi connectivity index (χ0v) is 22.4. The van der Waals surface area contributed by atoms with E-state index in [0.717, 1.165) is 38.0 Å². The molecule has 1 saturated heterocycles. The first-order valence-electron chi connectivity index (χ1n) is 12.5. The molecule has 0 spiro atoms. The molecule has 2 aromatic carbocycles. The molecule has 0 unspecified atom stereocenters. The minimum atomic E-state index is -0.175. The second kappa shape index (κ2) is 10.4. The fourth-order valence-corrected chi connectivity index (χ4v) is 6.19. The van der Waals surface area contributed by atoms with Gasteiger partial charge in [-0.25, -0.2) is 4.98 Å². The van der Waals surface area contributed by atoms with E-state index in [1.807, 2.05) is 79.9 Å². The highest BCUT2D eigenvalue weighted by molar-refractivity contribution is 7.80. The fourth-order valence-electron chi connectivity index (χ4n) is 4.89. The van der Waals surface area contributed by atoms with E-state index in [0.29, 0.717) is 18.1 Å². The predicted molar refractivity (Wildman–Crippen MR) is 156 cm³/mol. The van der Waals surface area contributed by atoms with Crippen molar-refractivity contribution in [1.29, 1.82) is 0 Å². The van der Waals surface area contributed by atoms with Crippen molar-refractivity contribution in [3.63, 3.8) is 0 Å². The Morgan fingerprint density at radius 1 is 1.05 bits per heavy atom. The second-order valence-electron chi connectivity index (χ2n) is 9.20. The van der Waals surface area contributed by atoms with Gasteiger partial charge in [-0.15, -0.1) is 0 Å². The highest BCUT2D eigenvalue weighted by Crippen LogP contribution is 2.40. The lowest BCUT2D eigenvalue weighted by molar-refractivity contribution is -0.116. The van der Waals surface area contributed by atoms with Crippen molar-refractivity contribution in [2.24, 2.45) is 0 Å². The van der Waals surface area contributed by atoms with Crippen molar-refractivity contribution in [3.05, 3.63) is 108 Å². The molecule has 1 amide bonds. The molecule has 9 heteroatoms. The van der Waals surface area contributed by atoms with Gasteiger partial charge in [-0.05, 0) is 67.2 Å². The summed E-state index contributed by atoms with van der Waals surface area (Å²) in [5.74, 6) is -0.0521. The molecule has 3 aromatic heterocycles. The van der Waals surface area contributed by atoms with Crippen LogP contribution in [0.25, 0.3) is 15.3 Å². The first kappa shape index (κ1) is 24.3. The summed E-state index contributed by atoms with van der Waals surface area (Å²) in [6.45, 7) is 2.45. The zero-order chi connectivity index (χ0) is 26.1. The van der Waals surface area contributed by atoms with Crippen LogP contribution in [-0.2, 0) is 4.79 Å². The third-order valence-electron chi connectivity index (χ3n) is 6.77. The summed E-state index contributed by atoms with van der Waals surface area (Å²) < 4.78 is 3.26. The SMILES string of the molecule is Cc1ccccc1NC(=O)CCN1C(=S)N[C@@H](c2ccccn2)[C@@H]1c1cccn1-c1nc2ccccc2s1. The number of fused-ring (bicyclic) bond motifs is 1. The van der Waals surface area contributed by atoms with Crippen molar-refractivity contribution >= 4 is 50.5 Å². The summed E-state index contributed by atoms with van der Waals surface area (Å²) in [5, 5.41) is 8.01. The van der Waals surface area contributed by atoms with Crippen molar-refractivity contribution in [1.82, 2.24) is 24.8 Å². The van der Waals surface area contributed by atoms with Crippen LogP contribution in [0.15, 0.2) is 91.3 Å². The average Bonchev–Trinajstić information content (AvgIpc) is 3.65. The summed E-state index contributed by atoms with van der Waals surface area (Å²) in [6.07, 6.45) is 4.12. The Labute approximate surface area is 230 Å². The van der Waals surface area contributed by atoms with Gasteiger partial charge >= 0.3 is 0 Å². The third-order valence-corrected chi connectivity index (χ3v) is 8.16. The number of thiocarbonyl (C=S) groups is 1. The first-order chi connectivity index (χ1) is 18.6. The van der Waals surface area contributed by atoms with Gasteiger partial charge in [0.25, 0.3) is 0 Å². The van der Waals surface area contributed by atoms with Crippen LogP contribution in [-0.4, -0.2) is 37.0 Å². The van der Waals surface area contributed by atoms with E-state index in [-0.39, 0.29) is 18.0 Å². The summed E-state index contributed by atoms with van der Waals surface area (Å²) in [4.78, 5) is 24.6. The topological polar surface area (TPSA) is 75.1 Å². The standard InChI is InChI=1S/C29H26N6OS2/c1-19-9-2-3-10-20(19)31-25(36)15-18-35-27(26(33-28(35)37)22-12-6-7-16-30-22)23-13-8-17-34(23)29-32-21-11-4-5-14-24(21)38-29/h2-14,16-17,26-27H,15,18H2,1H3,(H,31,36)(H,33,37)/t26-,27-/m0/s1. The highest BCUT2D eigenvalue weighted by Gasteiger charge is 2.41. The number of aromatic nitrogens is 3. The van der Waals surface area contributed by atoms with E-state index in [1.54, 1.807) is 17.5 Å². The number of rotatable bonds is 7. The normalized spacial score (nSPS) is 17.1. The van der Waals surface area contributed by atoms with Gasteiger partial charge < -0.3 is 15.5 Å². The van der Waals surface area contributed by atoms with Gasteiger partial charge in [0.15, 0.2) is 10.2 Å². The van der Waals surface area contributed by atoms with Gasteiger partial charge in [-0.1, -0.05) is 47.7 Å². The molecule has 6 rings (SSSR count). The number of hydrogen-bond donors (Lipinski definition) is 2. The van der Waals surface area contributed by atoms with Crippen LogP contribution >= 0.6 is 23.6 Å². The van der Waals surface area contributed by atoms with E-state index in [2.05, 4.69) is 37.2 Å². The number of nitrogens with zero attached hydrogens (tertiary/aromatic N) is 4. The number of thiazole rings is 1. The lowest BCUT2D eigenvalue weighted by Crippen LogP contribution is -2.33. The minimum absolute atomic E-state index is 0.0521. The quantitative estimate of drug-likeness (QED) is 0.256. The number of carbonyl (C=O) groups is 1. The molecule has 1 aliphatic heterocycles. The molecule has 2 atom stereocenters. The van der Waals surface area contributed by atoms with Gasteiger partial charge in [0.2, 0.25) is 5.91 Å². The number of pyridine rings is 1. The Morgan fingerprint density at radius 3 is 2.68 bits per heavy atom. The van der Waals surface area contributed by atoms with Crippen molar-refractivity contribution in [2.45, 2.75) is 25.4 Å². The maximum Gasteiger partial charge on any atom is 0.226 e. The Bertz CT molecular complexity index is 1580. The highest BCUT2D eigenvalue weighted by atomic mass is 32.1. The van der Waals surface area contributed by atoms with Gasteiger partial charge in [-0.3, -0.25) is 14.3 Å². The molecule has 7 nitrogen and oxygen atoms in total. The molecule has 0 saturated carbocycles. The number of hydrogen-bond acceptors (Lipinski definition) is 5. The Kier molecular flexibility index (Phi) is 6.61. The number of carbonyl (C=O) groups excluding carboxylic acids is 1. The molecule has 5 aromatic rings. The number of para-hydroxylation sites is 2. The van der Waals surface area contributed by atoms with Gasteiger partial charge in [-0.2, -0.15) is 0 Å². The Morgan fingerprint density at radius 2 is 1.87 bits per heavy atom. The zero-order valence-electron chi connectivity index (χ0n) is 20.7. The monoisotopic (exact) mass is 538 g/mol. The maximum absolute atomic E-state index is 12.9. The van der Waals surface area contributed by atoms with Gasteiger partial charge in [0.1, 0.15) is 0 Å². The number of nitrogens with one attached hydrogen (secondary N) is 2. The molecule has 0 bridgehead atoms. The summed E-state index contributed by atoms with van der Waals surface area (Å²) in [7, 11) is 0. The predicted octanol–water partition coefficient (Wildman–Crippen LogP) is 5.79. The molecule has 38 heavy (non-hydrogen) atoms. The molecule has 1 aliphatic rings. The largest absolute Gasteiger partial charge is 0.352 e. The number of aryl methyl sites for hydroxylation is 1. The van der Waals surface area contributed by atoms with Crippen LogP contribution < -0.4 is 10.6 Å². The summed E-state index contributed by atoms with van der Waals surface area (Å²) in [5.41, 5.74) is 4.75. The molecular weight excluding hydrogens is 512 g/mol. The minimum Gasteiger partial charge on any atom is -0.352 e. The third kappa shape index (κ3) is 4.66. The van der Waals surface area contributed by atoms with Crippen molar-refractivity contribution in [3.8, 4) is 5.13 Å². The number of anilines is 1.